The van der Waals surface area contributed by atoms with E-state index in [0.717, 1.165) is 22.8 Å². The van der Waals surface area contributed by atoms with E-state index in [1.165, 1.54) is 0 Å². The van der Waals surface area contributed by atoms with Crippen molar-refractivity contribution in [3.63, 3.8) is 0 Å². The van der Waals surface area contributed by atoms with Gasteiger partial charge in [0.05, 0.1) is 5.69 Å². The molecule has 0 aliphatic rings. The van der Waals surface area contributed by atoms with E-state index in [0.29, 0.717) is 5.95 Å². The van der Waals surface area contributed by atoms with Crippen LogP contribution in [0.1, 0.15) is 11.5 Å². The molecule has 78 valence electrons. The van der Waals surface area contributed by atoms with Gasteiger partial charge in [0, 0.05) is 18.8 Å². The fourth-order valence-corrected chi connectivity index (χ4v) is 1.51. The molecule has 0 saturated heterocycles. The molecule has 0 radical (unpaired) electrons. The zero-order valence-electron chi connectivity index (χ0n) is 9.03. The maximum absolute atomic E-state index is 5.46. The quantitative estimate of drug-likeness (QED) is 0.814. The van der Waals surface area contributed by atoms with Gasteiger partial charge in [-0.15, -0.1) is 0 Å². The molecule has 0 amide bonds. The van der Waals surface area contributed by atoms with Crippen molar-refractivity contribution in [2.45, 2.75) is 13.8 Å². The molecule has 0 aromatic carbocycles. The summed E-state index contributed by atoms with van der Waals surface area (Å²) in [4.78, 5) is 8.42. The van der Waals surface area contributed by atoms with Crippen molar-refractivity contribution in [3.05, 3.63) is 29.9 Å². The molecule has 0 spiro atoms. The van der Waals surface area contributed by atoms with Gasteiger partial charge in [-0.1, -0.05) is 0 Å². The Hall–Kier alpha value is -1.84. The number of aromatic nitrogens is 2. The lowest BCUT2D eigenvalue weighted by atomic mass is 10.2. The predicted molar refractivity (Wildman–Crippen MR) is 58.8 cm³/mol. The van der Waals surface area contributed by atoms with Crippen LogP contribution in [0.25, 0.3) is 11.3 Å². The highest BCUT2D eigenvalue weighted by molar-refractivity contribution is 5.62. The molecule has 15 heavy (non-hydrogen) atoms. The number of nitrogens with one attached hydrogen (secondary N) is 1. The molecule has 0 atom stereocenters. The molecule has 4 heteroatoms. The molecule has 0 aliphatic carbocycles. The Kier molecular flexibility index (Phi) is 2.41. The van der Waals surface area contributed by atoms with E-state index < -0.39 is 0 Å². The maximum atomic E-state index is 5.46. The molecule has 0 saturated carbocycles. The van der Waals surface area contributed by atoms with Crippen molar-refractivity contribution < 1.29 is 4.42 Å². The third kappa shape index (κ3) is 1.83. The van der Waals surface area contributed by atoms with E-state index in [-0.39, 0.29) is 0 Å². The minimum Gasteiger partial charge on any atom is -0.466 e. The number of anilines is 1. The van der Waals surface area contributed by atoms with Crippen LogP contribution in [0.4, 0.5) is 5.95 Å². The van der Waals surface area contributed by atoms with Crippen LogP contribution >= 0.6 is 0 Å². The van der Waals surface area contributed by atoms with Gasteiger partial charge in [0.25, 0.3) is 0 Å². The van der Waals surface area contributed by atoms with Crippen molar-refractivity contribution in [3.8, 4) is 11.3 Å². The molecule has 2 rings (SSSR count). The minimum absolute atomic E-state index is 0.616. The number of rotatable bonds is 2. The second-order valence-electron chi connectivity index (χ2n) is 3.34. The number of nitrogens with zero attached hydrogens (tertiary/aromatic N) is 2. The molecule has 2 aromatic heterocycles. The number of hydrogen-bond donors (Lipinski definition) is 1. The van der Waals surface area contributed by atoms with Crippen LogP contribution in [0.2, 0.25) is 0 Å². The van der Waals surface area contributed by atoms with E-state index >= 15 is 0 Å². The molecule has 2 heterocycles. The van der Waals surface area contributed by atoms with Crippen LogP contribution in [0.5, 0.6) is 0 Å². The summed E-state index contributed by atoms with van der Waals surface area (Å²) in [5.74, 6) is 2.39. The smallest absolute Gasteiger partial charge is 0.222 e. The fraction of sp³-hybridized carbons (Fsp3) is 0.273. The van der Waals surface area contributed by atoms with Crippen molar-refractivity contribution in [2.24, 2.45) is 0 Å². The Labute approximate surface area is 88.4 Å². The van der Waals surface area contributed by atoms with Gasteiger partial charge in [0.15, 0.2) is 0 Å². The molecular weight excluding hydrogens is 190 g/mol. The van der Waals surface area contributed by atoms with Crippen LogP contribution in [0, 0.1) is 13.8 Å². The van der Waals surface area contributed by atoms with E-state index in [1.807, 2.05) is 26.0 Å². The second-order valence-corrected chi connectivity index (χ2v) is 3.34. The Bertz CT molecular complexity index is 476. The molecule has 1 N–H and O–H groups in total. The first kappa shape index (κ1) is 9.71. The van der Waals surface area contributed by atoms with Crippen molar-refractivity contribution in [1.29, 1.82) is 0 Å². The van der Waals surface area contributed by atoms with Crippen molar-refractivity contribution >= 4 is 5.95 Å². The zero-order chi connectivity index (χ0) is 10.8. The highest BCUT2D eigenvalue weighted by Crippen LogP contribution is 2.24. The zero-order valence-corrected chi connectivity index (χ0v) is 9.03. The Morgan fingerprint density at radius 2 is 2.13 bits per heavy atom. The van der Waals surface area contributed by atoms with Gasteiger partial charge in [-0.25, -0.2) is 9.97 Å². The Balaban J connectivity index is 2.49. The third-order valence-electron chi connectivity index (χ3n) is 2.20. The molecule has 4 nitrogen and oxygen atoms in total. The molecule has 0 unspecified atom stereocenters. The summed E-state index contributed by atoms with van der Waals surface area (Å²) >= 11 is 0. The van der Waals surface area contributed by atoms with Gasteiger partial charge >= 0.3 is 0 Å². The third-order valence-corrected chi connectivity index (χ3v) is 2.20. The first-order valence-corrected chi connectivity index (χ1v) is 4.79. The first-order valence-electron chi connectivity index (χ1n) is 4.79. The average molecular weight is 203 g/mol. The standard InChI is InChI=1S/C11H13N3O/c1-7-6-9(8(2)15-7)10-4-5-13-11(12-3)14-10/h4-6H,1-3H3,(H,12,13,14). The summed E-state index contributed by atoms with van der Waals surface area (Å²) in [5, 5.41) is 2.91. The summed E-state index contributed by atoms with van der Waals surface area (Å²) in [6, 6.07) is 3.86. The summed E-state index contributed by atoms with van der Waals surface area (Å²) in [6.07, 6.45) is 1.73. The normalized spacial score (nSPS) is 10.3. The molecule has 0 fully saturated rings. The van der Waals surface area contributed by atoms with Crippen LogP contribution < -0.4 is 5.32 Å². The molecule has 2 aromatic rings. The van der Waals surface area contributed by atoms with Gasteiger partial charge in [0.2, 0.25) is 5.95 Å². The summed E-state index contributed by atoms with van der Waals surface area (Å²) in [7, 11) is 1.80. The van der Waals surface area contributed by atoms with Crippen molar-refractivity contribution in [2.75, 3.05) is 12.4 Å². The SMILES string of the molecule is CNc1nccc(-c2cc(C)oc2C)n1. The summed E-state index contributed by atoms with van der Waals surface area (Å²) < 4.78 is 5.46. The van der Waals surface area contributed by atoms with Gasteiger partial charge in [-0.3, -0.25) is 0 Å². The predicted octanol–water partition coefficient (Wildman–Crippen LogP) is 2.40. The highest BCUT2D eigenvalue weighted by atomic mass is 16.3. The molecule has 0 aliphatic heterocycles. The monoisotopic (exact) mass is 203 g/mol. The van der Waals surface area contributed by atoms with E-state index in [2.05, 4.69) is 15.3 Å². The average Bonchev–Trinajstić information content (AvgIpc) is 2.58. The Morgan fingerprint density at radius 3 is 2.73 bits per heavy atom. The number of hydrogen-bond acceptors (Lipinski definition) is 4. The first-order chi connectivity index (χ1) is 7.20. The summed E-state index contributed by atoms with van der Waals surface area (Å²) in [5.41, 5.74) is 1.90. The van der Waals surface area contributed by atoms with Crippen LogP contribution in [-0.4, -0.2) is 17.0 Å². The number of aryl methyl sites for hydroxylation is 2. The van der Waals surface area contributed by atoms with Crippen LogP contribution in [0.3, 0.4) is 0 Å². The topological polar surface area (TPSA) is 51.0 Å². The lowest BCUT2D eigenvalue weighted by molar-refractivity contribution is 0.505. The molecular formula is C11H13N3O. The van der Waals surface area contributed by atoms with E-state index in [4.69, 9.17) is 4.42 Å². The summed E-state index contributed by atoms with van der Waals surface area (Å²) in [6.45, 7) is 3.86. The van der Waals surface area contributed by atoms with Crippen LogP contribution in [-0.2, 0) is 0 Å². The Morgan fingerprint density at radius 1 is 1.33 bits per heavy atom. The fourth-order valence-electron chi connectivity index (χ4n) is 1.51. The minimum atomic E-state index is 0.616. The van der Waals surface area contributed by atoms with E-state index in [1.54, 1.807) is 13.2 Å². The van der Waals surface area contributed by atoms with Gasteiger partial charge < -0.3 is 9.73 Å². The maximum Gasteiger partial charge on any atom is 0.222 e. The van der Waals surface area contributed by atoms with Gasteiger partial charge in [-0.2, -0.15) is 0 Å². The van der Waals surface area contributed by atoms with E-state index in [9.17, 15) is 0 Å². The second kappa shape index (κ2) is 3.73. The van der Waals surface area contributed by atoms with Crippen molar-refractivity contribution in [1.82, 2.24) is 9.97 Å². The highest BCUT2D eigenvalue weighted by Gasteiger charge is 2.08. The lowest BCUT2D eigenvalue weighted by Crippen LogP contribution is -1.96. The molecule has 0 bridgehead atoms. The largest absolute Gasteiger partial charge is 0.466 e. The van der Waals surface area contributed by atoms with Crippen LogP contribution in [0.15, 0.2) is 22.7 Å². The van der Waals surface area contributed by atoms with Gasteiger partial charge in [0.1, 0.15) is 11.5 Å². The van der Waals surface area contributed by atoms with Gasteiger partial charge in [-0.05, 0) is 26.0 Å². The lowest BCUT2D eigenvalue weighted by Gasteiger charge is -2.01. The number of furan rings is 1.